The lowest BCUT2D eigenvalue weighted by Crippen LogP contribution is -2.35. The Bertz CT molecular complexity index is 1090. The number of unbranched alkanes of at least 4 members (excludes halogenated alkanes) is 7. The number of hydrogen-bond donors (Lipinski definition) is 1. The molecule has 0 aliphatic carbocycles. The fraction of sp³-hybridized carbons (Fsp3) is 0.464. The smallest absolute Gasteiger partial charge is 0.264 e. The Morgan fingerprint density at radius 1 is 0.886 bits per heavy atom. The zero-order chi connectivity index (χ0) is 25.1. The SMILES string of the molecule is CCCCCCCCCCN1C(CC(=O)Nc2ccc(OCC)cc2)=Cc2ccccc2S1(=O)=O. The third-order valence-electron chi connectivity index (χ3n) is 6.14. The van der Waals surface area contributed by atoms with Crippen LogP contribution in [0.3, 0.4) is 0 Å². The average molecular weight is 499 g/mol. The van der Waals surface area contributed by atoms with Crippen LogP contribution in [0.4, 0.5) is 5.69 Å². The highest BCUT2D eigenvalue weighted by atomic mass is 32.2. The highest BCUT2D eigenvalue weighted by Gasteiger charge is 2.32. The quantitative estimate of drug-likeness (QED) is 0.298. The van der Waals surface area contributed by atoms with Gasteiger partial charge >= 0.3 is 0 Å². The highest BCUT2D eigenvalue weighted by molar-refractivity contribution is 7.89. The molecular formula is C28H38N2O4S. The van der Waals surface area contributed by atoms with Gasteiger partial charge in [-0.05, 0) is 55.3 Å². The van der Waals surface area contributed by atoms with Gasteiger partial charge in [-0.2, -0.15) is 0 Å². The molecule has 6 nitrogen and oxygen atoms in total. The van der Waals surface area contributed by atoms with E-state index in [2.05, 4.69) is 12.2 Å². The molecule has 2 aromatic rings. The summed E-state index contributed by atoms with van der Waals surface area (Å²) in [4.78, 5) is 13.2. The summed E-state index contributed by atoms with van der Waals surface area (Å²) in [7, 11) is -3.70. The highest BCUT2D eigenvalue weighted by Crippen LogP contribution is 2.33. The molecule has 0 saturated heterocycles. The second-order valence-corrected chi connectivity index (χ2v) is 10.7. The largest absolute Gasteiger partial charge is 0.494 e. The molecule has 0 atom stereocenters. The normalized spacial score (nSPS) is 14.2. The molecule has 0 saturated carbocycles. The van der Waals surface area contributed by atoms with Crippen molar-refractivity contribution in [3.8, 4) is 5.75 Å². The molecule has 1 aliphatic rings. The van der Waals surface area contributed by atoms with Gasteiger partial charge in [-0.25, -0.2) is 8.42 Å². The number of fused-ring (bicyclic) bond motifs is 1. The summed E-state index contributed by atoms with van der Waals surface area (Å²) in [6.07, 6.45) is 10.9. The van der Waals surface area contributed by atoms with Crippen LogP contribution in [0.25, 0.3) is 6.08 Å². The van der Waals surface area contributed by atoms with E-state index in [1.54, 1.807) is 42.5 Å². The molecule has 190 valence electrons. The van der Waals surface area contributed by atoms with Gasteiger partial charge in [-0.3, -0.25) is 9.10 Å². The summed E-state index contributed by atoms with van der Waals surface area (Å²) < 4.78 is 33.7. The summed E-state index contributed by atoms with van der Waals surface area (Å²) in [6.45, 7) is 5.08. The number of sulfonamides is 1. The van der Waals surface area contributed by atoms with Crippen LogP contribution < -0.4 is 10.1 Å². The molecule has 0 aromatic heterocycles. The lowest BCUT2D eigenvalue weighted by molar-refractivity contribution is -0.115. The average Bonchev–Trinajstić information content (AvgIpc) is 2.84. The fourth-order valence-corrected chi connectivity index (χ4v) is 6.03. The number of hydrogen-bond acceptors (Lipinski definition) is 4. The molecule has 1 aliphatic heterocycles. The predicted molar refractivity (Wildman–Crippen MR) is 142 cm³/mol. The van der Waals surface area contributed by atoms with Gasteiger partial charge in [-0.1, -0.05) is 70.1 Å². The summed E-state index contributed by atoms with van der Waals surface area (Å²) in [5, 5.41) is 2.87. The van der Waals surface area contributed by atoms with Crippen LogP contribution in [0.5, 0.6) is 5.75 Å². The molecule has 1 N–H and O–H groups in total. The van der Waals surface area contributed by atoms with Crippen molar-refractivity contribution in [2.75, 3.05) is 18.5 Å². The predicted octanol–water partition coefficient (Wildman–Crippen LogP) is 6.60. The van der Waals surface area contributed by atoms with E-state index < -0.39 is 10.0 Å². The van der Waals surface area contributed by atoms with Crippen LogP contribution in [0, 0.1) is 0 Å². The molecule has 0 radical (unpaired) electrons. The van der Waals surface area contributed by atoms with E-state index in [1.165, 1.54) is 36.4 Å². The molecule has 0 unspecified atom stereocenters. The maximum atomic E-state index is 13.4. The van der Waals surface area contributed by atoms with Gasteiger partial charge in [0.1, 0.15) is 5.75 Å². The Balaban J connectivity index is 1.66. The van der Waals surface area contributed by atoms with Gasteiger partial charge in [0.15, 0.2) is 0 Å². The summed E-state index contributed by atoms with van der Waals surface area (Å²) >= 11 is 0. The minimum Gasteiger partial charge on any atom is -0.494 e. The number of amides is 1. The number of carbonyl (C=O) groups excluding carboxylic acids is 1. The number of nitrogens with one attached hydrogen (secondary N) is 1. The molecule has 1 heterocycles. The van der Waals surface area contributed by atoms with Crippen molar-refractivity contribution in [1.29, 1.82) is 0 Å². The van der Waals surface area contributed by atoms with Crippen LogP contribution in [0.2, 0.25) is 0 Å². The minimum atomic E-state index is -3.70. The Morgan fingerprint density at radius 3 is 2.23 bits per heavy atom. The first kappa shape index (κ1) is 26.8. The molecule has 35 heavy (non-hydrogen) atoms. The first-order valence-electron chi connectivity index (χ1n) is 12.8. The molecule has 7 heteroatoms. The van der Waals surface area contributed by atoms with Gasteiger partial charge in [-0.15, -0.1) is 0 Å². The van der Waals surface area contributed by atoms with Crippen LogP contribution >= 0.6 is 0 Å². The van der Waals surface area contributed by atoms with Gasteiger partial charge in [0.2, 0.25) is 5.91 Å². The first-order chi connectivity index (χ1) is 17.0. The van der Waals surface area contributed by atoms with E-state index in [0.717, 1.165) is 25.0 Å². The Labute approximate surface area is 210 Å². The van der Waals surface area contributed by atoms with Crippen LogP contribution in [-0.4, -0.2) is 31.8 Å². The summed E-state index contributed by atoms with van der Waals surface area (Å²) in [6, 6.07) is 14.1. The Morgan fingerprint density at radius 2 is 1.54 bits per heavy atom. The third kappa shape index (κ3) is 7.59. The van der Waals surface area contributed by atoms with Crippen molar-refractivity contribution >= 4 is 27.7 Å². The first-order valence-corrected chi connectivity index (χ1v) is 14.2. The van der Waals surface area contributed by atoms with Gasteiger partial charge < -0.3 is 10.1 Å². The van der Waals surface area contributed by atoms with Crippen molar-refractivity contribution in [2.24, 2.45) is 0 Å². The Hall–Kier alpha value is -2.80. The molecule has 1 amide bonds. The number of ether oxygens (including phenoxy) is 1. The molecule has 2 aromatic carbocycles. The maximum Gasteiger partial charge on any atom is 0.264 e. The number of nitrogens with zero attached hydrogens (tertiary/aromatic N) is 1. The van der Waals surface area contributed by atoms with E-state index in [9.17, 15) is 13.2 Å². The molecule has 0 bridgehead atoms. The van der Waals surface area contributed by atoms with Crippen LogP contribution in [0.15, 0.2) is 59.1 Å². The van der Waals surface area contributed by atoms with Crippen molar-refractivity contribution < 1.29 is 17.9 Å². The van der Waals surface area contributed by atoms with Crippen LogP contribution in [0.1, 0.15) is 77.2 Å². The second kappa shape index (κ2) is 13.3. The fourth-order valence-electron chi connectivity index (χ4n) is 4.32. The minimum absolute atomic E-state index is 0.0161. The molecular weight excluding hydrogens is 460 g/mol. The summed E-state index contributed by atoms with van der Waals surface area (Å²) in [5.41, 5.74) is 1.78. The lowest BCUT2D eigenvalue weighted by Gasteiger charge is -2.31. The molecule has 0 spiro atoms. The number of carbonyl (C=O) groups is 1. The van der Waals surface area contributed by atoms with Crippen molar-refractivity contribution in [1.82, 2.24) is 4.31 Å². The maximum absolute atomic E-state index is 13.4. The zero-order valence-corrected chi connectivity index (χ0v) is 21.8. The monoisotopic (exact) mass is 498 g/mol. The zero-order valence-electron chi connectivity index (χ0n) is 21.0. The van der Waals surface area contributed by atoms with Crippen molar-refractivity contribution in [2.45, 2.75) is 76.5 Å². The number of benzene rings is 2. The molecule has 0 fully saturated rings. The van der Waals surface area contributed by atoms with E-state index in [-0.39, 0.29) is 12.3 Å². The topological polar surface area (TPSA) is 75.7 Å². The van der Waals surface area contributed by atoms with Crippen molar-refractivity contribution in [3.63, 3.8) is 0 Å². The van der Waals surface area contributed by atoms with Gasteiger partial charge in [0, 0.05) is 17.9 Å². The van der Waals surface area contributed by atoms with E-state index in [0.29, 0.717) is 35.0 Å². The Kier molecular flexibility index (Phi) is 10.2. The lowest BCUT2D eigenvalue weighted by atomic mass is 10.1. The number of rotatable bonds is 14. The standard InChI is InChI=1S/C28H38N2O4S/c1-3-5-6-7-8-9-10-13-20-30-25(21-23-14-11-12-15-27(23)35(30,32)33)22-28(31)29-24-16-18-26(19-17-24)34-4-2/h11-12,14-19,21H,3-10,13,20,22H2,1-2H3,(H,29,31). The van der Waals surface area contributed by atoms with E-state index in [4.69, 9.17) is 4.74 Å². The molecule has 3 rings (SSSR count). The third-order valence-corrected chi connectivity index (χ3v) is 8.06. The number of anilines is 1. The van der Waals surface area contributed by atoms with E-state index in [1.807, 2.05) is 19.1 Å². The van der Waals surface area contributed by atoms with Crippen molar-refractivity contribution in [3.05, 3.63) is 59.8 Å². The van der Waals surface area contributed by atoms with Gasteiger partial charge in [0.05, 0.1) is 17.9 Å². The van der Waals surface area contributed by atoms with Gasteiger partial charge in [0.25, 0.3) is 10.0 Å². The van der Waals surface area contributed by atoms with E-state index >= 15 is 0 Å². The summed E-state index contributed by atoms with van der Waals surface area (Å²) in [5.74, 6) is 0.482. The second-order valence-electron chi connectivity index (χ2n) is 8.91. The van der Waals surface area contributed by atoms with Crippen LogP contribution in [-0.2, 0) is 14.8 Å².